The average molecular weight is 425 g/mol. The highest BCUT2D eigenvalue weighted by atomic mass is 32.1. The van der Waals surface area contributed by atoms with E-state index in [9.17, 15) is 9.18 Å². The average Bonchev–Trinajstić information content (AvgIpc) is 3.28. The van der Waals surface area contributed by atoms with Crippen LogP contribution in [0.3, 0.4) is 0 Å². The number of amides is 1. The van der Waals surface area contributed by atoms with Crippen molar-refractivity contribution in [3.63, 3.8) is 0 Å². The monoisotopic (exact) mass is 424 g/mol. The fourth-order valence-electron chi connectivity index (χ4n) is 4.03. The SMILES string of the molecule is Cc1ccccc1N1CC[NH+](CC(=O)N[C@@H](c2ccc(F)cc2)c2cccs2)CC1. The molecule has 4 rings (SSSR count). The van der Waals surface area contributed by atoms with Gasteiger partial charge >= 0.3 is 0 Å². The lowest BCUT2D eigenvalue weighted by Crippen LogP contribution is -3.16. The summed E-state index contributed by atoms with van der Waals surface area (Å²) in [5.74, 6) is -0.247. The summed E-state index contributed by atoms with van der Waals surface area (Å²) < 4.78 is 13.4. The van der Waals surface area contributed by atoms with E-state index < -0.39 is 0 Å². The Balaban J connectivity index is 1.36. The van der Waals surface area contributed by atoms with E-state index in [0.29, 0.717) is 6.54 Å². The Kier molecular flexibility index (Phi) is 6.45. The number of hydrogen-bond donors (Lipinski definition) is 2. The molecule has 0 spiro atoms. The lowest BCUT2D eigenvalue weighted by Gasteiger charge is -2.34. The molecule has 1 aromatic heterocycles. The first-order chi connectivity index (χ1) is 14.6. The Morgan fingerprint density at radius 2 is 1.83 bits per heavy atom. The number of thiophene rings is 1. The highest BCUT2D eigenvalue weighted by Gasteiger charge is 2.25. The van der Waals surface area contributed by atoms with E-state index in [0.717, 1.165) is 36.6 Å². The maximum Gasteiger partial charge on any atom is 0.275 e. The molecule has 2 heterocycles. The Morgan fingerprint density at radius 1 is 1.10 bits per heavy atom. The van der Waals surface area contributed by atoms with Crippen LogP contribution in [0.15, 0.2) is 66.0 Å². The number of carbonyl (C=O) groups is 1. The smallest absolute Gasteiger partial charge is 0.275 e. The standard InChI is InChI=1S/C24H26FN3OS/c1-18-5-2-3-6-21(18)28-14-12-27(13-15-28)17-23(29)26-24(22-7-4-16-30-22)19-8-10-20(25)11-9-19/h2-11,16,24H,12-15,17H2,1H3,(H,26,29)/p+1/t24-/m0/s1. The summed E-state index contributed by atoms with van der Waals surface area (Å²) >= 11 is 1.60. The van der Waals surface area contributed by atoms with Crippen LogP contribution in [0.4, 0.5) is 10.1 Å². The Hall–Kier alpha value is -2.70. The summed E-state index contributed by atoms with van der Waals surface area (Å²) in [6.07, 6.45) is 0. The van der Waals surface area contributed by atoms with E-state index in [4.69, 9.17) is 0 Å². The molecule has 2 N–H and O–H groups in total. The van der Waals surface area contributed by atoms with Gasteiger partial charge in [0.2, 0.25) is 0 Å². The molecule has 1 saturated heterocycles. The molecule has 0 unspecified atom stereocenters. The molecule has 1 aliphatic rings. The molecule has 1 fully saturated rings. The minimum Gasteiger partial charge on any atom is -0.360 e. The number of para-hydroxylation sites is 1. The van der Waals surface area contributed by atoms with Gasteiger partial charge in [-0.25, -0.2) is 4.39 Å². The molecule has 1 aliphatic heterocycles. The Labute approximate surface area is 180 Å². The van der Waals surface area contributed by atoms with Gasteiger partial charge in [0.25, 0.3) is 5.91 Å². The van der Waals surface area contributed by atoms with Crippen molar-refractivity contribution in [1.82, 2.24) is 5.32 Å². The molecule has 0 radical (unpaired) electrons. The first kappa shape index (κ1) is 20.6. The summed E-state index contributed by atoms with van der Waals surface area (Å²) in [6, 6.07) is 18.6. The van der Waals surface area contributed by atoms with Crippen molar-refractivity contribution in [2.45, 2.75) is 13.0 Å². The molecule has 1 atom stereocenters. The highest BCUT2D eigenvalue weighted by Crippen LogP contribution is 2.26. The van der Waals surface area contributed by atoms with Crippen LogP contribution in [0, 0.1) is 12.7 Å². The minimum atomic E-state index is -0.272. The zero-order chi connectivity index (χ0) is 20.9. The van der Waals surface area contributed by atoms with Crippen molar-refractivity contribution in [1.29, 1.82) is 0 Å². The summed E-state index contributed by atoms with van der Waals surface area (Å²) in [5, 5.41) is 5.16. The first-order valence-corrected chi connectivity index (χ1v) is 11.2. The van der Waals surface area contributed by atoms with E-state index in [1.807, 2.05) is 17.5 Å². The van der Waals surface area contributed by atoms with Gasteiger partial charge in [-0.2, -0.15) is 0 Å². The molecule has 4 nitrogen and oxygen atoms in total. The third-order valence-electron chi connectivity index (χ3n) is 5.67. The highest BCUT2D eigenvalue weighted by molar-refractivity contribution is 7.10. The number of nitrogens with one attached hydrogen (secondary N) is 2. The minimum absolute atomic E-state index is 0.0251. The van der Waals surface area contributed by atoms with E-state index in [1.165, 1.54) is 28.3 Å². The summed E-state index contributed by atoms with van der Waals surface area (Å²) in [4.78, 5) is 17.6. The number of aryl methyl sites for hydroxylation is 1. The number of rotatable bonds is 6. The van der Waals surface area contributed by atoms with E-state index in [-0.39, 0.29) is 17.8 Å². The number of nitrogens with zero attached hydrogens (tertiary/aromatic N) is 1. The second-order valence-corrected chi connectivity index (χ2v) is 8.75. The predicted molar refractivity (Wildman–Crippen MR) is 120 cm³/mol. The van der Waals surface area contributed by atoms with Crippen LogP contribution in [-0.4, -0.2) is 38.6 Å². The molecule has 1 amide bonds. The van der Waals surface area contributed by atoms with Gasteiger partial charge < -0.3 is 15.1 Å². The van der Waals surface area contributed by atoms with Gasteiger partial charge in [0, 0.05) is 10.6 Å². The van der Waals surface area contributed by atoms with E-state index >= 15 is 0 Å². The van der Waals surface area contributed by atoms with Crippen molar-refractivity contribution in [2.75, 3.05) is 37.6 Å². The number of carbonyl (C=O) groups excluding carboxylic acids is 1. The van der Waals surface area contributed by atoms with Crippen molar-refractivity contribution in [2.24, 2.45) is 0 Å². The first-order valence-electron chi connectivity index (χ1n) is 10.3. The zero-order valence-corrected chi connectivity index (χ0v) is 17.9. The van der Waals surface area contributed by atoms with E-state index in [1.54, 1.807) is 23.5 Å². The van der Waals surface area contributed by atoms with E-state index in [2.05, 4.69) is 41.4 Å². The van der Waals surface area contributed by atoms with Crippen molar-refractivity contribution >= 4 is 22.9 Å². The molecule has 0 aliphatic carbocycles. The number of benzene rings is 2. The third-order valence-corrected chi connectivity index (χ3v) is 6.61. The van der Waals surface area contributed by atoms with Gasteiger partial charge in [-0.05, 0) is 47.7 Å². The van der Waals surface area contributed by atoms with Gasteiger partial charge in [-0.15, -0.1) is 11.3 Å². The van der Waals surface area contributed by atoms with Gasteiger partial charge in [0.05, 0.1) is 32.2 Å². The topological polar surface area (TPSA) is 36.8 Å². The summed E-state index contributed by atoms with van der Waals surface area (Å²) in [5.41, 5.74) is 3.47. The maximum atomic E-state index is 13.4. The molecule has 0 saturated carbocycles. The van der Waals surface area contributed by atoms with Gasteiger partial charge in [0.15, 0.2) is 6.54 Å². The number of anilines is 1. The van der Waals surface area contributed by atoms with Crippen molar-refractivity contribution in [3.8, 4) is 0 Å². The second kappa shape index (κ2) is 9.41. The Bertz CT molecular complexity index is 966. The number of piperazine rings is 1. The molecule has 3 aromatic rings. The van der Waals surface area contributed by atoms with Crippen molar-refractivity contribution < 1.29 is 14.1 Å². The molecule has 30 heavy (non-hydrogen) atoms. The molecule has 0 bridgehead atoms. The van der Waals surface area contributed by atoms with Gasteiger partial charge in [-0.3, -0.25) is 4.79 Å². The molecule has 6 heteroatoms. The molecular weight excluding hydrogens is 397 g/mol. The number of hydrogen-bond acceptors (Lipinski definition) is 3. The normalized spacial score (nSPS) is 15.7. The molecule has 156 valence electrons. The number of halogens is 1. The maximum absolute atomic E-state index is 13.4. The van der Waals surface area contributed by atoms with Crippen LogP contribution in [0.2, 0.25) is 0 Å². The largest absolute Gasteiger partial charge is 0.360 e. The fourth-order valence-corrected chi connectivity index (χ4v) is 4.83. The van der Waals surface area contributed by atoms with Crippen LogP contribution < -0.4 is 15.1 Å². The quantitative estimate of drug-likeness (QED) is 0.639. The lowest BCUT2D eigenvalue weighted by molar-refractivity contribution is -0.892. The van der Waals surface area contributed by atoms with Crippen LogP contribution in [0.1, 0.15) is 22.0 Å². The summed E-state index contributed by atoms with van der Waals surface area (Å²) in [6.45, 7) is 6.34. The van der Waals surface area contributed by atoms with Gasteiger partial charge in [0.1, 0.15) is 5.82 Å². The zero-order valence-electron chi connectivity index (χ0n) is 17.1. The molecule has 2 aromatic carbocycles. The Morgan fingerprint density at radius 3 is 2.50 bits per heavy atom. The van der Waals surface area contributed by atoms with Crippen LogP contribution >= 0.6 is 11.3 Å². The lowest BCUT2D eigenvalue weighted by atomic mass is 10.1. The fraction of sp³-hybridized carbons (Fsp3) is 0.292. The predicted octanol–water partition coefficient (Wildman–Crippen LogP) is 2.81. The van der Waals surface area contributed by atoms with Crippen LogP contribution in [0.25, 0.3) is 0 Å². The van der Waals surface area contributed by atoms with Crippen LogP contribution in [0.5, 0.6) is 0 Å². The van der Waals surface area contributed by atoms with Crippen molar-refractivity contribution in [3.05, 3.63) is 87.9 Å². The summed E-state index contributed by atoms with van der Waals surface area (Å²) in [7, 11) is 0. The van der Waals surface area contributed by atoms with Gasteiger partial charge in [-0.1, -0.05) is 36.4 Å². The third kappa shape index (κ3) is 4.89. The molecular formula is C24H27FN3OS+. The second-order valence-electron chi connectivity index (χ2n) is 7.77. The van der Waals surface area contributed by atoms with Crippen LogP contribution in [-0.2, 0) is 4.79 Å². The number of quaternary nitrogens is 1.